The minimum absolute atomic E-state index is 0.0555. The van der Waals surface area contributed by atoms with Gasteiger partial charge in [-0.15, -0.1) is 0 Å². The Morgan fingerprint density at radius 2 is 2.07 bits per heavy atom. The van der Waals surface area contributed by atoms with E-state index in [1.807, 2.05) is 13.0 Å². The highest BCUT2D eigenvalue weighted by Crippen LogP contribution is 2.23. The zero-order valence-electron chi connectivity index (χ0n) is 9.85. The molecule has 0 atom stereocenters. The van der Waals surface area contributed by atoms with Crippen molar-refractivity contribution >= 4 is 6.03 Å². The second kappa shape index (κ2) is 6.07. The molecule has 0 heterocycles. The monoisotopic (exact) mass is 209 g/mol. The van der Waals surface area contributed by atoms with Crippen LogP contribution >= 0.6 is 0 Å². The van der Waals surface area contributed by atoms with Gasteiger partial charge in [0, 0.05) is 12.7 Å². The van der Waals surface area contributed by atoms with Crippen molar-refractivity contribution in [1.29, 1.82) is 5.26 Å². The molecule has 0 saturated carbocycles. The fourth-order valence-corrected chi connectivity index (χ4v) is 0.673. The summed E-state index contributed by atoms with van der Waals surface area (Å²) in [5.41, 5.74) is 1.15. The summed E-state index contributed by atoms with van der Waals surface area (Å²) in [5.74, 6) is 0. The van der Waals surface area contributed by atoms with E-state index in [0.717, 1.165) is 5.57 Å². The van der Waals surface area contributed by atoms with Gasteiger partial charge in [0.2, 0.25) is 0 Å². The molecule has 0 aliphatic heterocycles. The van der Waals surface area contributed by atoms with Crippen molar-refractivity contribution in [2.75, 3.05) is 6.54 Å². The highest BCUT2D eigenvalue weighted by Gasteiger charge is 2.12. The van der Waals surface area contributed by atoms with Crippen LogP contribution in [0.5, 0.6) is 0 Å². The Morgan fingerprint density at radius 1 is 1.47 bits per heavy atom. The third kappa shape index (κ3) is 6.55. The minimum Gasteiger partial charge on any atom is -0.337 e. The lowest BCUT2D eigenvalue weighted by Crippen LogP contribution is -2.33. The van der Waals surface area contributed by atoms with E-state index in [2.05, 4.69) is 31.4 Å². The normalized spacial score (nSPS) is 11.8. The first-order chi connectivity index (χ1) is 6.88. The summed E-state index contributed by atoms with van der Waals surface area (Å²) in [4.78, 5) is 11.2. The summed E-state index contributed by atoms with van der Waals surface area (Å²) in [6.07, 6.45) is 2.02. The maximum absolute atomic E-state index is 11.2. The molecule has 0 radical (unpaired) electrons. The number of urea groups is 1. The number of rotatable bonds is 3. The van der Waals surface area contributed by atoms with Gasteiger partial charge < -0.3 is 10.6 Å². The van der Waals surface area contributed by atoms with Crippen molar-refractivity contribution in [3.05, 3.63) is 11.8 Å². The van der Waals surface area contributed by atoms with E-state index in [-0.39, 0.29) is 11.4 Å². The molecule has 15 heavy (non-hydrogen) atoms. The largest absolute Gasteiger partial charge is 0.337 e. The van der Waals surface area contributed by atoms with Gasteiger partial charge in [0.15, 0.2) is 0 Å². The molecule has 0 aromatic carbocycles. The molecule has 2 amide bonds. The van der Waals surface area contributed by atoms with Crippen molar-refractivity contribution in [3.63, 3.8) is 0 Å². The van der Waals surface area contributed by atoms with E-state index in [1.54, 1.807) is 6.20 Å². The Morgan fingerprint density at radius 3 is 2.53 bits per heavy atom. The van der Waals surface area contributed by atoms with Crippen molar-refractivity contribution in [2.24, 2.45) is 5.41 Å². The van der Waals surface area contributed by atoms with Gasteiger partial charge >= 0.3 is 6.03 Å². The van der Waals surface area contributed by atoms with Crippen LogP contribution in [0.4, 0.5) is 4.79 Å². The smallest absolute Gasteiger partial charge is 0.318 e. The summed E-state index contributed by atoms with van der Waals surface area (Å²) in [6.45, 7) is 8.58. The molecule has 0 rings (SSSR count). The molecular weight excluding hydrogens is 190 g/mol. The maximum atomic E-state index is 11.2. The molecule has 84 valence electrons. The fraction of sp³-hybridized carbons (Fsp3) is 0.636. The third-order valence-corrected chi connectivity index (χ3v) is 2.13. The van der Waals surface area contributed by atoms with E-state index in [1.165, 1.54) is 0 Å². The number of carbonyl (C=O) groups is 1. The van der Waals surface area contributed by atoms with Crippen LogP contribution in [0.2, 0.25) is 0 Å². The standard InChI is InChI=1S/C11H19N3O/c1-9(11(2,3)4)8-14-10(15)13-7-5-6-12/h8H,5,7H2,1-4H3,(H2,13,14,15)/b9-8+. The van der Waals surface area contributed by atoms with Gasteiger partial charge in [-0.05, 0) is 12.3 Å². The number of carbonyl (C=O) groups excluding carboxylic acids is 1. The lowest BCUT2D eigenvalue weighted by molar-refractivity contribution is 0.244. The van der Waals surface area contributed by atoms with Gasteiger partial charge in [-0.25, -0.2) is 4.79 Å². The van der Waals surface area contributed by atoms with Crippen LogP contribution in [0.15, 0.2) is 11.8 Å². The Labute approximate surface area is 91.4 Å². The highest BCUT2D eigenvalue weighted by atomic mass is 16.2. The average molecular weight is 209 g/mol. The Kier molecular flexibility index (Phi) is 5.46. The number of nitriles is 1. The lowest BCUT2D eigenvalue weighted by atomic mass is 9.88. The Hall–Kier alpha value is -1.50. The maximum Gasteiger partial charge on any atom is 0.318 e. The first-order valence-corrected chi connectivity index (χ1v) is 4.96. The van der Waals surface area contributed by atoms with Crippen molar-refractivity contribution in [3.8, 4) is 6.07 Å². The Balaban J connectivity index is 3.95. The quantitative estimate of drug-likeness (QED) is 0.699. The number of nitrogens with one attached hydrogen (secondary N) is 2. The lowest BCUT2D eigenvalue weighted by Gasteiger charge is -2.19. The van der Waals surface area contributed by atoms with Crippen LogP contribution < -0.4 is 10.6 Å². The molecule has 2 N–H and O–H groups in total. The van der Waals surface area contributed by atoms with Gasteiger partial charge in [-0.3, -0.25) is 0 Å². The van der Waals surface area contributed by atoms with Crippen LogP contribution in [0.1, 0.15) is 34.1 Å². The number of allylic oxidation sites excluding steroid dienone is 1. The number of hydrogen-bond donors (Lipinski definition) is 2. The van der Waals surface area contributed by atoms with Crippen molar-refractivity contribution in [2.45, 2.75) is 34.1 Å². The van der Waals surface area contributed by atoms with Crippen LogP contribution in [0, 0.1) is 16.7 Å². The first-order valence-electron chi connectivity index (χ1n) is 4.96. The zero-order valence-corrected chi connectivity index (χ0v) is 9.85. The predicted octanol–water partition coefficient (Wildman–Crippen LogP) is 2.15. The molecule has 0 fully saturated rings. The molecule has 0 bridgehead atoms. The molecule has 0 spiro atoms. The van der Waals surface area contributed by atoms with Crippen LogP contribution in [-0.2, 0) is 0 Å². The second-order valence-corrected chi connectivity index (χ2v) is 4.39. The van der Waals surface area contributed by atoms with Crippen molar-refractivity contribution < 1.29 is 4.79 Å². The molecule has 4 nitrogen and oxygen atoms in total. The van der Waals surface area contributed by atoms with Crippen LogP contribution in [0.3, 0.4) is 0 Å². The first kappa shape index (κ1) is 13.5. The summed E-state index contributed by atoms with van der Waals surface area (Å²) in [5, 5.41) is 13.5. The van der Waals surface area contributed by atoms with Gasteiger partial charge in [0.05, 0.1) is 12.5 Å². The van der Waals surface area contributed by atoms with E-state index >= 15 is 0 Å². The van der Waals surface area contributed by atoms with E-state index < -0.39 is 0 Å². The molecule has 0 unspecified atom stereocenters. The van der Waals surface area contributed by atoms with Crippen molar-refractivity contribution in [1.82, 2.24) is 10.6 Å². The zero-order chi connectivity index (χ0) is 11.9. The highest BCUT2D eigenvalue weighted by molar-refractivity contribution is 5.74. The van der Waals surface area contributed by atoms with Gasteiger partial charge in [-0.2, -0.15) is 5.26 Å². The van der Waals surface area contributed by atoms with Crippen LogP contribution in [-0.4, -0.2) is 12.6 Å². The molecule has 0 aliphatic carbocycles. The number of nitrogens with zero attached hydrogens (tertiary/aromatic N) is 1. The number of hydrogen-bond acceptors (Lipinski definition) is 2. The van der Waals surface area contributed by atoms with Gasteiger partial charge in [0.1, 0.15) is 0 Å². The second-order valence-electron chi connectivity index (χ2n) is 4.39. The summed E-state index contributed by atoms with van der Waals surface area (Å²) < 4.78 is 0. The average Bonchev–Trinajstić information content (AvgIpc) is 2.13. The molecule has 0 aromatic heterocycles. The molecule has 0 aromatic rings. The topological polar surface area (TPSA) is 64.9 Å². The van der Waals surface area contributed by atoms with Gasteiger partial charge in [-0.1, -0.05) is 26.3 Å². The predicted molar refractivity (Wildman–Crippen MR) is 60.0 cm³/mol. The molecule has 0 aliphatic rings. The van der Waals surface area contributed by atoms with Gasteiger partial charge in [0.25, 0.3) is 0 Å². The SMILES string of the molecule is C/C(=C\NC(=O)NCCC#N)C(C)(C)C. The van der Waals surface area contributed by atoms with Crippen LogP contribution in [0.25, 0.3) is 0 Å². The third-order valence-electron chi connectivity index (χ3n) is 2.13. The molecule has 0 saturated heterocycles. The van der Waals surface area contributed by atoms with E-state index in [0.29, 0.717) is 13.0 Å². The fourth-order valence-electron chi connectivity index (χ4n) is 0.673. The van der Waals surface area contributed by atoms with E-state index in [9.17, 15) is 4.79 Å². The summed E-state index contributed by atoms with van der Waals surface area (Å²) in [7, 11) is 0. The molecular formula is C11H19N3O. The minimum atomic E-state index is -0.270. The Bertz CT molecular complexity index is 281. The van der Waals surface area contributed by atoms with E-state index in [4.69, 9.17) is 5.26 Å². The molecule has 4 heteroatoms. The number of amides is 2. The summed E-state index contributed by atoms with van der Waals surface area (Å²) >= 11 is 0. The summed E-state index contributed by atoms with van der Waals surface area (Å²) in [6, 6.07) is 1.68.